The van der Waals surface area contributed by atoms with Gasteiger partial charge in [-0.2, -0.15) is 0 Å². The number of aliphatic hydroxyl groups is 1. The van der Waals surface area contributed by atoms with Crippen LogP contribution in [0.3, 0.4) is 0 Å². The Morgan fingerprint density at radius 3 is 2.61 bits per heavy atom. The van der Waals surface area contributed by atoms with Gasteiger partial charge in [-0.05, 0) is 66.9 Å². The van der Waals surface area contributed by atoms with Gasteiger partial charge in [-0.25, -0.2) is 0 Å². The normalized spacial score (nSPS) is 42.8. The number of ketones is 1. The number of aromatic nitrogens is 1. The van der Waals surface area contributed by atoms with Crippen LogP contribution in [0.2, 0.25) is 0 Å². The number of pyridine rings is 1. The lowest BCUT2D eigenvalue weighted by atomic mass is 9.43. The molecule has 3 aliphatic carbocycles. The molecule has 1 N–H and O–H groups in total. The van der Waals surface area contributed by atoms with Crippen molar-refractivity contribution in [1.29, 1.82) is 0 Å². The molecule has 8 atom stereocenters. The highest BCUT2D eigenvalue weighted by atomic mass is 32.2. The molecule has 5 nitrogen and oxygen atoms in total. The molecule has 0 unspecified atom stereocenters. The van der Waals surface area contributed by atoms with Crippen LogP contribution in [0.4, 0.5) is 0 Å². The summed E-state index contributed by atoms with van der Waals surface area (Å²) in [5.74, 6) is 0.423. The fourth-order valence-electron chi connectivity index (χ4n) is 7.48. The van der Waals surface area contributed by atoms with Gasteiger partial charge < -0.3 is 9.84 Å². The van der Waals surface area contributed by atoms with E-state index in [9.17, 15) is 14.7 Å². The molecule has 0 amide bonds. The van der Waals surface area contributed by atoms with Gasteiger partial charge in [0, 0.05) is 35.0 Å². The van der Waals surface area contributed by atoms with Crippen LogP contribution in [-0.2, 0) is 14.3 Å². The summed E-state index contributed by atoms with van der Waals surface area (Å²) in [4.78, 5) is 31.5. The molecular weight excluding hydrogens is 434 g/mol. The first kappa shape index (κ1) is 24.7. The van der Waals surface area contributed by atoms with Crippen molar-refractivity contribution in [2.75, 3.05) is 5.75 Å². The summed E-state index contributed by atoms with van der Waals surface area (Å²) in [7, 11) is 0. The average molecular weight is 474 g/mol. The number of Topliss-reactive ketones (excluding diaryl/α,β-unsaturated/α-hetero) is 1. The standard InChI is InChI=1S/C27H39NO4S/c1-6-25(4)15-21(32-22(30)16-33-19-9-13-28-14-10-19)26(5)17(2)7-11-27(18(3)24(25)31)12-8-20(29)23(26)27/h9-10,13-14,17-18,21,23-24,31H,6-8,11-12,15-16H2,1-5H3/t17-,18+,21+,23+,24+,25+,26+,27+/m1/s1. The molecule has 1 heterocycles. The van der Waals surface area contributed by atoms with E-state index in [1.54, 1.807) is 12.4 Å². The van der Waals surface area contributed by atoms with E-state index in [-0.39, 0.29) is 40.3 Å². The number of aliphatic hydroxyl groups excluding tert-OH is 1. The number of nitrogens with zero attached hydrogens (tertiary/aromatic N) is 1. The third-order valence-corrected chi connectivity index (χ3v) is 11.0. The number of carbonyl (C=O) groups excluding carboxylic acids is 2. The van der Waals surface area contributed by atoms with Gasteiger partial charge in [0.1, 0.15) is 11.9 Å². The Kier molecular flexibility index (Phi) is 6.74. The van der Waals surface area contributed by atoms with Gasteiger partial charge >= 0.3 is 5.97 Å². The van der Waals surface area contributed by atoms with Gasteiger partial charge in [-0.3, -0.25) is 14.6 Å². The second kappa shape index (κ2) is 8.99. The van der Waals surface area contributed by atoms with Crippen molar-refractivity contribution in [1.82, 2.24) is 4.98 Å². The van der Waals surface area contributed by atoms with E-state index in [2.05, 4.69) is 39.6 Å². The molecule has 0 spiro atoms. The summed E-state index contributed by atoms with van der Waals surface area (Å²) in [5, 5.41) is 11.6. The third kappa shape index (κ3) is 3.95. The molecule has 1 aromatic heterocycles. The van der Waals surface area contributed by atoms with E-state index >= 15 is 0 Å². The van der Waals surface area contributed by atoms with Gasteiger partial charge in [0.15, 0.2) is 0 Å². The minimum atomic E-state index is -0.527. The number of thioether (sulfide) groups is 1. The molecule has 1 aromatic rings. The minimum absolute atomic E-state index is 0.0459. The van der Waals surface area contributed by atoms with Crippen LogP contribution in [0.1, 0.15) is 73.1 Å². The second-order valence-electron chi connectivity index (χ2n) is 11.3. The van der Waals surface area contributed by atoms with E-state index in [0.29, 0.717) is 18.6 Å². The molecule has 3 aliphatic rings. The molecule has 0 saturated heterocycles. The van der Waals surface area contributed by atoms with Gasteiger partial charge in [0.05, 0.1) is 11.9 Å². The molecule has 2 bridgehead atoms. The average Bonchev–Trinajstić information content (AvgIpc) is 3.17. The molecule has 3 fully saturated rings. The number of rotatable bonds is 5. The van der Waals surface area contributed by atoms with E-state index in [1.807, 2.05) is 12.1 Å². The van der Waals surface area contributed by atoms with Crippen LogP contribution >= 0.6 is 11.8 Å². The van der Waals surface area contributed by atoms with Crippen molar-refractivity contribution in [3.05, 3.63) is 24.5 Å². The number of hydrogen-bond donors (Lipinski definition) is 1. The number of hydrogen-bond acceptors (Lipinski definition) is 6. The first-order valence-corrected chi connectivity index (χ1v) is 13.5. The summed E-state index contributed by atoms with van der Waals surface area (Å²) in [5.41, 5.74) is -0.997. The predicted octanol–water partition coefficient (Wildman–Crippen LogP) is 5.30. The molecule has 0 aliphatic heterocycles. The topological polar surface area (TPSA) is 76.5 Å². The van der Waals surface area contributed by atoms with Crippen LogP contribution in [0, 0.1) is 34.0 Å². The lowest BCUT2D eigenvalue weighted by Crippen LogP contribution is -2.63. The van der Waals surface area contributed by atoms with E-state index in [1.165, 1.54) is 11.8 Å². The van der Waals surface area contributed by atoms with Crippen molar-refractivity contribution < 1.29 is 19.4 Å². The fourth-order valence-corrected chi connectivity index (χ4v) is 8.14. The van der Waals surface area contributed by atoms with E-state index in [4.69, 9.17) is 4.74 Å². The summed E-state index contributed by atoms with van der Waals surface area (Å²) < 4.78 is 6.30. The molecular formula is C27H39NO4S. The maximum absolute atomic E-state index is 13.4. The first-order valence-electron chi connectivity index (χ1n) is 12.5. The first-order chi connectivity index (χ1) is 15.6. The zero-order valence-corrected chi connectivity index (χ0v) is 21.5. The van der Waals surface area contributed by atoms with Crippen molar-refractivity contribution in [3.63, 3.8) is 0 Å². The molecule has 0 radical (unpaired) electrons. The van der Waals surface area contributed by atoms with Crippen LogP contribution in [0.15, 0.2) is 29.4 Å². The van der Waals surface area contributed by atoms with E-state index in [0.717, 1.165) is 30.6 Å². The van der Waals surface area contributed by atoms with Crippen LogP contribution in [-0.4, -0.2) is 39.8 Å². The van der Waals surface area contributed by atoms with Crippen LogP contribution < -0.4 is 0 Å². The highest BCUT2D eigenvalue weighted by Crippen LogP contribution is 2.68. The lowest BCUT2D eigenvalue weighted by Gasteiger charge is -2.62. The summed E-state index contributed by atoms with van der Waals surface area (Å²) in [6, 6.07) is 3.77. The van der Waals surface area contributed by atoms with Gasteiger partial charge in [-0.15, -0.1) is 11.8 Å². The largest absolute Gasteiger partial charge is 0.461 e. The molecule has 3 saturated carbocycles. The van der Waals surface area contributed by atoms with Crippen molar-refractivity contribution >= 4 is 23.5 Å². The Bertz CT molecular complexity index is 893. The molecule has 0 aromatic carbocycles. The van der Waals surface area contributed by atoms with Gasteiger partial charge in [0.25, 0.3) is 0 Å². The summed E-state index contributed by atoms with van der Waals surface area (Å²) >= 11 is 1.44. The third-order valence-electron chi connectivity index (χ3n) is 9.99. The fraction of sp³-hybridized carbons (Fsp3) is 0.741. The SMILES string of the molecule is CC[C@@]1(C)C[C@H](OC(=O)CSc2ccncc2)[C@]2(C)[C@H](C)CC[C@]3(CCC(=O)[C@H]32)[C@@H](C)[C@@H]1O. The molecule has 182 valence electrons. The lowest BCUT2D eigenvalue weighted by molar-refractivity contribution is -0.211. The second-order valence-corrected chi connectivity index (χ2v) is 12.4. The van der Waals surface area contributed by atoms with Crippen molar-refractivity contribution in [2.45, 2.75) is 90.2 Å². The quantitative estimate of drug-likeness (QED) is 0.462. The highest BCUT2D eigenvalue weighted by Gasteiger charge is 2.68. The van der Waals surface area contributed by atoms with Crippen LogP contribution in [0.5, 0.6) is 0 Å². The van der Waals surface area contributed by atoms with Gasteiger partial charge in [0.2, 0.25) is 0 Å². The number of ether oxygens (including phenoxy) is 1. The maximum atomic E-state index is 13.4. The number of esters is 1. The van der Waals surface area contributed by atoms with Crippen molar-refractivity contribution in [3.8, 4) is 0 Å². The zero-order chi connectivity index (χ0) is 24.0. The Morgan fingerprint density at radius 1 is 1.24 bits per heavy atom. The molecule has 4 rings (SSSR count). The Morgan fingerprint density at radius 2 is 1.94 bits per heavy atom. The zero-order valence-electron chi connectivity index (χ0n) is 20.7. The molecule has 6 heteroatoms. The monoisotopic (exact) mass is 473 g/mol. The maximum Gasteiger partial charge on any atom is 0.316 e. The Balaban J connectivity index is 1.69. The summed E-state index contributed by atoms with van der Waals surface area (Å²) in [6.45, 7) is 10.9. The van der Waals surface area contributed by atoms with Gasteiger partial charge in [-0.1, -0.05) is 34.6 Å². The van der Waals surface area contributed by atoms with E-state index < -0.39 is 17.6 Å². The van der Waals surface area contributed by atoms with Crippen molar-refractivity contribution in [2.24, 2.45) is 34.0 Å². The Hall–Kier alpha value is -1.40. The van der Waals surface area contributed by atoms with Crippen LogP contribution in [0.25, 0.3) is 0 Å². The minimum Gasteiger partial charge on any atom is -0.461 e. The smallest absolute Gasteiger partial charge is 0.316 e. The highest BCUT2D eigenvalue weighted by molar-refractivity contribution is 8.00. The number of carbonyl (C=O) groups is 2. The molecule has 33 heavy (non-hydrogen) atoms. The summed E-state index contributed by atoms with van der Waals surface area (Å²) in [6.07, 6.45) is 7.29. The predicted molar refractivity (Wildman–Crippen MR) is 130 cm³/mol. The Labute approximate surface area is 202 Å².